The third kappa shape index (κ3) is 2.24. The van der Waals surface area contributed by atoms with Crippen LogP contribution in [-0.4, -0.2) is 38.5 Å². The largest absolute Gasteiger partial charge is 0.327 e. The van der Waals surface area contributed by atoms with Crippen molar-refractivity contribution in [3.63, 3.8) is 0 Å². The molecule has 0 heterocycles. The summed E-state index contributed by atoms with van der Waals surface area (Å²) in [6.07, 6.45) is 2.55. The minimum absolute atomic E-state index is 0.126. The molecule has 0 spiro atoms. The van der Waals surface area contributed by atoms with Crippen LogP contribution in [0.3, 0.4) is 0 Å². The molecule has 14 heavy (non-hydrogen) atoms. The predicted molar refractivity (Wildman–Crippen MR) is 58.7 cm³/mol. The first-order chi connectivity index (χ1) is 6.49. The van der Waals surface area contributed by atoms with Crippen molar-refractivity contribution in [2.75, 3.05) is 21.1 Å². The minimum atomic E-state index is -0.371. The van der Waals surface area contributed by atoms with E-state index in [-0.39, 0.29) is 17.4 Å². The van der Waals surface area contributed by atoms with Crippen LogP contribution in [0.15, 0.2) is 0 Å². The van der Waals surface area contributed by atoms with Crippen LogP contribution in [0.25, 0.3) is 0 Å². The topological polar surface area (TPSA) is 88.1 Å². The van der Waals surface area contributed by atoms with Crippen LogP contribution in [0.5, 0.6) is 0 Å². The molecule has 2 atom stereocenters. The highest BCUT2D eigenvalue weighted by atomic mass is 15.2. The summed E-state index contributed by atoms with van der Waals surface area (Å²) in [7, 11) is 5.75. The van der Waals surface area contributed by atoms with Crippen molar-refractivity contribution in [2.45, 2.75) is 36.6 Å². The molecule has 2 unspecified atom stereocenters. The summed E-state index contributed by atoms with van der Waals surface area (Å²) in [5, 5.41) is 9.70. The molecule has 7 N–H and O–H groups in total. The van der Waals surface area contributed by atoms with Crippen molar-refractivity contribution >= 4 is 0 Å². The molecule has 1 aliphatic carbocycles. The van der Waals surface area contributed by atoms with Crippen molar-refractivity contribution in [3.8, 4) is 0 Å². The third-order valence-electron chi connectivity index (χ3n) is 3.31. The highest BCUT2D eigenvalue weighted by molar-refractivity contribution is 5.02. The van der Waals surface area contributed by atoms with Gasteiger partial charge in [0.05, 0.1) is 11.3 Å². The van der Waals surface area contributed by atoms with Gasteiger partial charge in [-0.15, -0.1) is 0 Å². The summed E-state index contributed by atoms with van der Waals surface area (Å²) in [4.78, 5) is 0. The van der Waals surface area contributed by atoms with Crippen LogP contribution in [0.4, 0.5) is 0 Å². The Morgan fingerprint density at radius 3 is 2.07 bits per heavy atom. The van der Waals surface area contributed by atoms with E-state index in [1.807, 2.05) is 21.1 Å². The van der Waals surface area contributed by atoms with Crippen molar-refractivity contribution in [2.24, 2.45) is 11.5 Å². The average molecular weight is 201 g/mol. The summed E-state index contributed by atoms with van der Waals surface area (Å²) < 4.78 is 0. The van der Waals surface area contributed by atoms with E-state index in [0.717, 1.165) is 19.3 Å². The number of nitrogens with two attached hydrogens (primary N) is 2. The molecule has 5 heteroatoms. The number of nitrogens with one attached hydrogen (secondary N) is 3. The molecular formula is C9H23N5. The van der Waals surface area contributed by atoms with E-state index >= 15 is 0 Å². The van der Waals surface area contributed by atoms with Crippen LogP contribution in [0.1, 0.15) is 19.3 Å². The quantitative estimate of drug-likeness (QED) is 0.359. The van der Waals surface area contributed by atoms with Crippen molar-refractivity contribution in [1.29, 1.82) is 0 Å². The summed E-state index contributed by atoms with van der Waals surface area (Å²) in [5.74, 6) is 0. The average Bonchev–Trinajstić information content (AvgIpc) is 2.16. The van der Waals surface area contributed by atoms with Gasteiger partial charge in [-0.1, -0.05) is 0 Å². The van der Waals surface area contributed by atoms with Crippen LogP contribution in [0.2, 0.25) is 0 Å². The molecule has 0 radical (unpaired) electrons. The maximum absolute atomic E-state index is 6.20. The number of hydrogen-bond donors (Lipinski definition) is 5. The highest BCUT2D eigenvalue weighted by Crippen LogP contribution is 2.29. The second-order valence-electron chi connectivity index (χ2n) is 4.33. The maximum atomic E-state index is 6.20. The van der Waals surface area contributed by atoms with Crippen molar-refractivity contribution in [3.05, 3.63) is 0 Å². The number of hydrogen-bond acceptors (Lipinski definition) is 5. The van der Waals surface area contributed by atoms with Crippen LogP contribution < -0.4 is 27.4 Å². The molecule has 0 aromatic rings. The van der Waals surface area contributed by atoms with Crippen LogP contribution >= 0.6 is 0 Å². The third-order valence-corrected chi connectivity index (χ3v) is 3.31. The fourth-order valence-electron chi connectivity index (χ4n) is 2.37. The first-order valence-corrected chi connectivity index (χ1v) is 5.10. The molecule has 1 saturated carbocycles. The Bertz CT molecular complexity index is 192. The molecule has 1 aliphatic rings. The number of rotatable bonds is 3. The smallest absolute Gasteiger partial charge is 0.0728 e. The lowest BCUT2D eigenvalue weighted by molar-refractivity contribution is 0.103. The van der Waals surface area contributed by atoms with Gasteiger partial charge in [-0.25, -0.2) is 0 Å². The van der Waals surface area contributed by atoms with Gasteiger partial charge in [0.15, 0.2) is 0 Å². The van der Waals surface area contributed by atoms with E-state index in [0.29, 0.717) is 0 Å². The molecule has 1 fully saturated rings. The summed E-state index contributed by atoms with van der Waals surface area (Å²) in [5.41, 5.74) is 11.7. The molecule has 0 aromatic carbocycles. The zero-order valence-electron chi connectivity index (χ0n) is 9.35. The fourth-order valence-corrected chi connectivity index (χ4v) is 2.37. The Balaban J connectivity index is 2.80. The van der Waals surface area contributed by atoms with E-state index in [9.17, 15) is 0 Å². The minimum Gasteiger partial charge on any atom is -0.327 e. The lowest BCUT2D eigenvalue weighted by Gasteiger charge is -2.48. The van der Waals surface area contributed by atoms with E-state index < -0.39 is 0 Å². The molecule has 5 nitrogen and oxygen atoms in total. The van der Waals surface area contributed by atoms with Crippen LogP contribution in [-0.2, 0) is 0 Å². The molecule has 0 aliphatic heterocycles. The Kier molecular flexibility index (Phi) is 3.49. The van der Waals surface area contributed by atoms with Gasteiger partial charge in [-0.05, 0) is 34.0 Å². The van der Waals surface area contributed by atoms with Gasteiger partial charge < -0.3 is 27.4 Å². The van der Waals surface area contributed by atoms with E-state index in [2.05, 4.69) is 16.0 Å². The molecule has 0 amide bonds. The second kappa shape index (κ2) is 4.12. The van der Waals surface area contributed by atoms with Gasteiger partial charge in [-0.3, -0.25) is 0 Å². The first kappa shape index (κ1) is 11.9. The summed E-state index contributed by atoms with van der Waals surface area (Å²) in [6.45, 7) is 0. The second-order valence-corrected chi connectivity index (χ2v) is 4.33. The molecule has 84 valence electrons. The maximum Gasteiger partial charge on any atom is 0.0728 e. The van der Waals surface area contributed by atoms with Gasteiger partial charge in [0, 0.05) is 12.5 Å². The van der Waals surface area contributed by atoms with Crippen molar-refractivity contribution < 1.29 is 0 Å². The van der Waals surface area contributed by atoms with Gasteiger partial charge >= 0.3 is 0 Å². The molecule has 0 aromatic heterocycles. The van der Waals surface area contributed by atoms with E-state index in [4.69, 9.17) is 11.5 Å². The Hall–Kier alpha value is -0.200. The highest BCUT2D eigenvalue weighted by Gasteiger charge is 2.43. The predicted octanol–water partition coefficient (Wildman–Crippen LogP) is -1.49. The molecule has 1 rings (SSSR count). The Labute approximate surface area is 86.0 Å². The molecular weight excluding hydrogens is 178 g/mol. The van der Waals surface area contributed by atoms with Gasteiger partial charge in [0.25, 0.3) is 0 Å². The standard InChI is InChI=1S/C9H23N5/c1-12-8(11)4-7(10)5-9(6-8,13-2)14-3/h7,12-14H,4-6,10-11H2,1-3H3. The SMILES string of the molecule is CNC1(N)CC(N)CC(NC)(NC)C1. The molecule has 0 saturated heterocycles. The Morgan fingerprint density at radius 2 is 1.64 bits per heavy atom. The summed E-state index contributed by atoms with van der Waals surface area (Å²) >= 11 is 0. The molecule has 0 bridgehead atoms. The van der Waals surface area contributed by atoms with Gasteiger partial charge in [0.2, 0.25) is 0 Å². The first-order valence-electron chi connectivity index (χ1n) is 5.10. The zero-order valence-corrected chi connectivity index (χ0v) is 9.35. The van der Waals surface area contributed by atoms with E-state index in [1.165, 1.54) is 0 Å². The lowest BCUT2D eigenvalue weighted by atomic mass is 9.78. The monoisotopic (exact) mass is 201 g/mol. The normalized spacial score (nSPS) is 37.1. The van der Waals surface area contributed by atoms with Crippen LogP contribution in [0, 0.1) is 0 Å². The van der Waals surface area contributed by atoms with Gasteiger partial charge in [0.1, 0.15) is 0 Å². The zero-order chi connectivity index (χ0) is 10.8. The lowest BCUT2D eigenvalue weighted by Crippen LogP contribution is -2.70. The van der Waals surface area contributed by atoms with Crippen molar-refractivity contribution in [1.82, 2.24) is 16.0 Å². The fraction of sp³-hybridized carbons (Fsp3) is 1.00. The van der Waals surface area contributed by atoms with E-state index in [1.54, 1.807) is 0 Å². The Morgan fingerprint density at radius 1 is 1.07 bits per heavy atom. The van der Waals surface area contributed by atoms with Gasteiger partial charge in [-0.2, -0.15) is 0 Å². The summed E-state index contributed by atoms with van der Waals surface area (Å²) in [6, 6.07) is 0.126.